The lowest BCUT2D eigenvalue weighted by molar-refractivity contribution is 0.242. The Kier molecular flexibility index (Phi) is 5.28. The van der Waals surface area contributed by atoms with Gasteiger partial charge in [0, 0.05) is 12.5 Å². The minimum Gasteiger partial charge on any atom is -0.502 e. The van der Waals surface area contributed by atoms with Crippen molar-refractivity contribution >= 4 is 0 Å². The number of rotatable bonds is 8. The fraction of sp³-hybridized carbons (Fsp3) is 0.500. The minimum atomic E-state index is 0.412. The van der Waals surface area contributed by atoms with Crippen molar-refractivity contribution in [2.75, 3.05) is 19.8 Å². The third kappa shape index (κ3) is 3.74. The SMILES string of the molecule is C=COCCCNC(CC)c1ccc2c(c1)CCO2. The Hall–Kier alpha value is -1.48. The summed E-state index contributed by atoms with van der Waals surface area (Å²) in [6.45, 7) is 8.25. The minimum absolute atomic E-state index is 0.412. The first-order valence-electron chi connectivity index (χ1n) is 7.06. The standard InChI is InChI=1S/C16H23NO2/c1-3-15(17-9-5-10-18-4-2)13-6-7-16-14(12-13)8-11-19-16/h4,6-7,12,15,17H,2-3,5,8-11H2,1H3. The molecule has 0 aromatic heterocycles. The monoisotopic (exact) mass is 261 g/mol. The van der Waals surface area contributed by atoms with Crippen LogP contribution in [0.25, 0.3) is 0 Å². The van der Waals surface area contributed by atoms with Crippen LogP contribution < -0.4 is 10.1 Å². The Labute approximate surface area is 115 Å². The summed E-state index contributed by atoms with van der Waals surface area (Å²) in [5.74, 6) is 1.05. The van der Waals surface area contributed by atoms with Crippen LogP contribution in [0, 0.1) is 0 Å². The van der Waals surface area contributed by atoms with E-state index in [4.69, 9.17) is 9.47 Å². The van der Waals surface area contributed by atoms with Gasteiger partial charge in [0.15, 0.2) is 0 Å². The fourth-order valence-corrected chi connectivity index (χ4v) is 2.44. The second-order valence-corrected chi connectivity index (χ2v) is 4.77. The van der Waals surface area contributed by atoms with Crippen molar-refractivity contribution in [3.8, 4) is 5.75 Å². The van der Waals surface area contributed by atoms with Gasteiger partial charge in [0.1, 0.15) is 5.75 Å². The summed E-state index contributed by atoms with van der Waals surface area (Å²) in [5.41, 5.74) is 2.70. The van der Waals surface area contributed by atoms with E-state index in [-0.39, 0.29) is 0 Å². The number of hydrogen-bond donors (Lipinski definition) is 1. The van der Waals surface area contributed by atoms with Gasteiger partial charge in [-0.3, -0.25) is 0 Å². The van der Waals surface area contributed by atoms with E-state index in [0.29, 0.717) is 6.04 Å². The van der Waals surface area contributed by atoms with Crippen molar-refractivity contribution in [2.45, 2.75) is 32.2 Å². The molecule has 0 spiro atoms. The molecule has 1 N–H and O–H groups in total. The lowest BCUT2D eigenvalue weighted by atomic mass is 10.0. The number of benzene rings is 1. The second-order valence-electron chi connectivity index (χ2n) is 4.77. The van der Waals surface area contributed by atoms with Crippen LogP contribution in [0.3, 0.4) is 0 Å². The molecule has 3 heteroatoms. The average molecular weight is 261 g/mol. The molecule has 3 nitrogen and oxygen atoms in total. The zero-order valence-electron chi connectivity index (χ0n) is 11.7. The molecule has 0 amide bonds. The number of ether oxygens (including phenoxy) is 2. The highest BCUT2D eigenvalue weighted by molar-refractivity contribution is 5.40. The van der Waals surface area contributed by atoms with Crippen LogP contribution in [0.2, 0.25) is 0 Å². The van der Waals surface area contributed by atoms with Crippen molar-refractivity contribution in [1.29, 1.82) is 0 Å². The summed E-state index contributed by atoms with van der Waals surface area (Å²) < 4.78 is 10.7. The predicted molar refractivity (Wildman–Crippen MR) is 77.4 cm³/mol. The molecule has 1 aliphatic rings. The molecule has 104 valence electrons. The van der Waals surface area contributed by atoms with E-state index in [0.717, 1.165) is 44.8 Å². The predicted octanol–water partition coefficient (Wildman–Crippen LogP) is 3.21. The molecule has 0 saturated carbocycles. The van der Waals surface area contributed by atoms with Gasteiger partial charge in [-0.2, -0.15) is 0 Å². The largest absolute Gasteiger partial charge is 0.502 e. The maximum Gasteiger partial charge on any atom is 0.122 e. The maximum absolute atomic E-state index is 5.55. The van der Waals surface area contributed by atoms with Gasteiger partial charge in [-0.1, -0.05) is 25.6 Å². The third-order valence-corrected chi connectivity index (χ3v) is 3.47. The molecule has 0 bridgehead atoms. The molecule has 2 rings (SSSR count). The highest BCUT2D eigenvalue weighted by Gasteiger charge is 2.15. The third-order valence-electron chi connectivity index (χ3n) is 3.47. The Morgan fingerprint density at radius 2 is 2.42 bits per heavy atom. The number of fused-ring (bicyclic) bond motifs is 1. The molecule has 0 saturated heterocycles. The quantitative estimate of drug-likeness (QED) is 0.576. The van der Waals surface area contributed by atoms with Crippen molar-refractivity contribution < 1.29 is 9.47 Å². The number of hydrogen-bond acceptors (Lipinski definition) is 3. The molecule has 0 fully saturated rings. The topological polar surface area (TPSA) is 30.5 Å². The fourth-order valence-electron chi connectivity index (χ4n) is 2.44. The summed E-state index contributed by atoms with van der Waals surface area (Å²) in [6.07, 6.45) is 4.61. The van der Waals surface area contributed by atoms with Gasteiger partial charge in [-0.15, -0.1) is 0 Å². The van der Waals surface area contributed by atoms with Crippen molar-refractivity contribution in [3.63, 3.8) is 0 Å². The molecule has 1 aliphatic heterocycles. The summed E-state index contributed by atoms with van der Waals surface area (Å²) in [7, 11) is 0. The van der Waals surface area contributed by atoms with E-state index in [1.807, 2.05) is 0 Å². The van der Waals surface area contributed by atoms with Crippen molar-refractivity contribution in [1.82, 2.24) is 5.32 Å². The smallest absolute Gasteiger partial charge is 0.122 e. The zero-order chi connectivity index (χ0) is 13.5. The van der Waals surface area contributed by atoms with Crippen molar-refractivity contribution in [3.05, 3.63) is 42.2 Å². The number of nitrogens with one attached hydrogen (secondary N) is 1. The molecule has 19 heavy (non-hydrogen) atoms. The Morgan fingerprint density at radius 3 is 3.21 bits per heavy atom. The molecule has 1 atom stereocenters. The Morgan fingerprint density at radius 1 is 1.53 bits per heavy atom. The van der Waals surface area contributed by atoms with E-state index in [1.54, 1.807) is 0 Å². The van der Waals surface area contributed by atoms with Crippen LogP contribution in [0.4, 0.5) is 0 Å². The second kappa shape index (κ2) is 7.19. The molecule has 1 aromatic carbocycles. The summed E-state index contributed by atoms with van der Waals surface area (Å²) in [5, 5.41) is 3.58. The molecule has 1 heterocycles. The first-order chi connectivity index (χ1) is 9.35. The lowest BCUT2D eigenvalue weighted by Crippen LogP contribution is -2.22. The van der Waals surface area contributed by atoms with Crippen LogP contribution in [-0.4, -0.2) is 19.8 Å². The lowest BCUT2D eigenvalue weighted by Gasteiger charge is -2.18. The van der Waals surface area contributed by atoms with Gasteiger partial charge in [0.25, 0.3) is 0 Å². The molecule has 1 aromatic rings. The normalized spacial score (nSPS) is 14.6. The van der Waals surface area contributed by atoms with Gasteiger partial charge in [-0.25, -0.2) is 0 Å². The van der Waals surface area contributed by atoms with Crippen LogP contribution >= 0.6 is 0 Å². The van der Waals surface area contributed by atoms with E-state index < -0.39 is 0 Å². The average Bonchev–Trinajstić information content (AvgIpc) is 2.90. The Bertz CT molecular complexity index is 417. The van der Waals surface area contributed by atoms with Gasteiger partial charge >= 0.3 is 0 Å². The van der Waals surface area contributed by atoms with Crippen LogP contribution in [0.1, 0.15) is 36.9 Å². The summed E-state index contributed by atoms with van der Waals surface area (Å²) >= 11 is 0. The van der Waals surface area contributed by atoms with Gasteiger partial charge in [0.2, 0.25) is 0 Å². The van der Waals surface area contributed by atoms with Gasteiger partial charge in [-0.05, 0) is 36.6 Å². The van der Waals surface area contributed by atoms with Crippen molar-refractivity contribution in [2.24, 2.45) is 0 Å². The molecule has 0 radical (unpaired) electrons. The van der Waals surface area contributed by atoms with Crippen LogP contribution in [0.5, 0.6) is 5.75 Å². The molecular weight excluding hydrogens is 238 g/mol. The van der Waals surface area contributed by atoms with E-state index in [9.17, 15) is 0 Å². The van der Waals surface area contributed by atoms with E-state index >= 15 is 0 Å². The zero-order valence-corrected chi connectivity index (χ0v) is 11.7. The van der Waals surface area contributed by atoms with Gasteiger partial charge in [0.05, 0.1) is 19.5 Å². The summed E-state index contributed by atoms with van der Waals surface area (Å²) in [4.78, 5) is 0. The summed E-state index contributed by atoms with van der Waals surface area (Å²) in [6, 6.07) is 6.97. The van der Waals surface area contributed by atoms with E-state index in [2.05, 4.69) is 37.0 Å². The first kappa shape index (κ1) is 13.9. The highest BCUT2D eigenvalue weighted by atomic mass is 16.5. The highest BCUT2D eigenvalue weighted by Crippen LogP contribution is 2.29. The van der Waals surface area contributed by atoms with Crippen LogP contribution in [-0.2, 0) is 11.2 Å². The maximum atomic E-state index is 5.55. The first-order valence-corrected chi connectivity index (χ1v) is 7.06. The van der Waals surface area contributed by atoms with Gasteiger partial charge < -0.3 is 14.8 Å². The van der Waals surface area contributed by atoms with E-state index in [1.165, 1.54) is 17.4 Å². The Balaban J connectivity index is 1.88. The molecular formula is C16H23NO2. The molecule has 1 unspecified atom stereocenters. The molecule has 0 aliphatic carbocycles. The van der Waals surface area contributed by atoms with Crippen LogP contribution in [0.15, 0.2) is 31.0 Å².